The monoisotopic (exact) mass is 221 g/mol. The second-order valence-electron chi connectivity index (χ2n) is 4.08. The highest BCUT2D eigenvalue weighted by atomic mass is 16.5. The Bertz CT molecular complexity index is 334. The van der Waals surface area contributed by atoms with E-state index in [1.807, 2.05) is 25.1 Å². The topological polar surface area (TPSA) is 32.7 Å². The molecule has 0 radical (unpaired) electrons. The number of hydrogen-bond donors (Lipinski definition) is 1. The second-order valence-corrected chi connectivity index (χ2v) is 4.08. The summed E-state index contributed by atoms with van der Waals surface area (Å²) in [6, 6.07) is 8.10. The highest BCUT2D eigenvalue weighted by Crippen LogP contribution is 2.28. The van der Waals surface area contributed by atoms with Gasteiger partial charge < -0.3 is 14.7 Å². The molecule has 1 aromatic carbocycles. The van der Waals surface area contributed by atoms with Gasteiger partial charge in [-0.3, -0.25) is 0 Å². The molecule has 1 N–H and O–H groups in total. The Hall–Kier alpha value is -1.06. The maximum absolute atomic E-state index is 9.98. The fourth-order valence-electron chi connectivity index (χ4n) is 2.08. The smallest absolute Gasteiger partial charge is 0.0807 e. The first kappa shape index (κ1) is 11.4. The van der Waals surface area contributed by atoms with Crippen LogP contribution < -0.4 is 4.90 Å². The van der Waals surface area contributed by atoms with E-state index in [1.165, 1.54) is 0 Å². The van der Waals surface area contributed by atoms with Crippen LogP contribution in [0.4, 0.5) is 5.69 Å². The number of hydrogen-bond acceptors (Lipinski definition) is 3. The van der Waals surface area contributed by atoms with Crippen molar-refractivity contribution in [3.05, 3.63) is 29.8 Å². The molecule has 1 aliphatic rings. The highest BCUT2D eigenvalue weighted by Gasteiger charge is 2.17. The average molecular weight is 221 g/mol. The second kappa shape index (κ2) is 5.32. The van der Waals surface area contributed by atoms with Gasteiger partial charge in [0.05, 0.1) is 19.3 Å². The lowest BCUT2D eigenvalue weighted by Crippen LogP contribution is -2.36. The molecule has 2 rings (SSSR count). The van der Waals surface area contributed by atoms with Crippen molar-refractivity contribution in [1.29, 1.82) is 0 Å². The predicted molar refractivity (Wildman–Crippen MR) is 64.7 cm³/mol. The summed E-state index contributed by atoms with van der Waals surface area (Å²) in [4.78, 5) is 2.29. The van der Waals surface area contributed by atoms with Crippen molar-refractivity contribution in [2.24, 2.45) is 0 Å². The van der Waals surface area contributed by atoms with Crippen LogP contribution >= 0.6 is 0 Å². The van der Waals surface area contributed by atoms with Crippen LogP contribution in [0.15, 0.2) is 24.3 Å². The zero-order chi connectivity index (χ0) is 11.4. The zero-order valence-electron chi connectivity index (χ0n) is 9.72. The third-order valence-corrected chi connectivity index (χ3v) is 3.03. The van der Waals surface area contributed by atoms with Gasteiger partial charge in [0.1, 0.15) is 0 Å². The molecule has 0 aliphatic carbocycles. The molecule has 3 nitrogen and oxygen atoms in total. The van der Waals surface area contributed by atoms with E-state index >= 15 is 0 Å². The number of nitrogens with zero attached hydrogens (tertiary/aromatic N) is 1. The molecule has 1 aliphatic heterocycles. The molecule has 0 aromatic heterocycles. The molecule has 0 bridgehead atoms. The van der Waals surface area contributed by atoms with Gasteiger partial charge in [0.25, 0.3) is 0 Å². The lowest BCUT2D eigenvalue weighted by atomic mass is 10.0. The first-order valence-electron chi connectivity index (χ1n) is 5.92. The van der Waals surface area contributed by atoms with Crippen molar-refractivity contribution in [2.75, 3.05) is 31.2 Å². The standard InChI is InChI=1S/C13H19NO2/c1-2-13(15)11-5-3-4-6-12(11)14-7-9-16-10-8-14/h3-6,13,15H,2,7-10H2,1H3. The lowest BCUT2D eigenvalue weighted by molar-refractivity contribution is 0.122. The summed E-state index contributed by atoms with van der Waals surface area (Å²) >= 11 is 0. The Morgan fingerprint density at radius 1 is 1.31 bits per heavy atom. The molecular formula is C13H19NO2. The highest BCUT2D eigenvalue weighted by molar-refractivity contribution is 5.54. The zero-order valence-corrected chi connectivity index (χ0v) is 9.72. The summed E-state index contributed by atoms with van der Waals surface area (Å²) in [5.41, 5.74) is 2.19. The van der Waals surface area contributed by atoms with Crippen LogP contribution in [0, 0.1) is 0 Å². The van der Waals surface area contributed by atoms with E-state index in [9.17, 15) is 5.11 Å². The van der Waals surface area contributed by atoms with Crippen molar-refractivity contribution >= 4 is 5.69 Å². The van der Waals surface area contributed by atoms with Gasteiger partial charge in [0, 0.05) is 24.3 Å². The maximum atomic E-state index is 9.98. The van der Waals surface area contributed by atoms with Gasteiger partial charge in [-0.2, -0.15) is 0 Å². The van der Waals surface area contributed by atoms with Crippen LogP contribution in [0.3, 0.4) is 0 Å². The van der Waals surface area contributed by atoms with E-state index in [0.29, 0.717) is 0 Å². The largest absolute Gasteiger partial charge is 0.388 e. The van der Waals surface area contributed by atoms with E-state index in [4.69, 9.17) is 4.74 Å². The van der Waals surface area contributed by atoms with Gasteiger partial charge in [0.15, 0.2) is 0 Å². The normalized spacial score (nSPS) is 18.5. The van der Waals surface area contributed by atoms with Crippen LogP contribution in [-0.2, 0) is 4.74 Å². The SMILES string of the molecule is CCC(O)c1ccccc1N1CCOCC1. The number of ether oxygens (including phenoxy) is 1. The van der Waals surface area contributed by atoms with Gasteiger partial charge >= 0.3 is 0 Å². The molecule has 3 heteroatoms. The Labute approximate surface area is 96.6 Å². The molecule has 88 valence electrons. The van der Waals surface area contributed by atoms with Crippen molar-refractivity contribution in [2.45, 2.75) is 19.4 Å². The number of aliphatic hydroxyl groups excluding tert-OH is 1. The molecular weight excluding hydrogens is 202 g/mol. The average Bonchev–Trinajstić information content (AvgIpc) is 2.39. The minimum atomic E-state index is -0.362. The van der Waals surface area contributed by atoms with Gasteiger partial charge in [0.2, 0.25) is 0 Å². The van der Waals surface area contributed by atoms with Gasteiger partial charge in [-0.25, -0.2) is 0 Å². The minimum absolute atomic E-state index is 0.362. The number of aliphatic hydroxyl groups is 1. The lowest BCUT2D eigenvalue weighted by Gasteiger charge is -2.31. The summed E-state index contributed by atoms with van der Waals surface area (Å²) in [6.07, 6.45) is 0.389. The Balaban J connectivity index is 2.24. The van der Waals surface area contributed by atoms with Crippen molar-refractivity contribution in [3.63, 3.8) is 0 Å². The molecule has 1 unspecified atom stereocenters. The molecule has 0 amide bonds. The van der Waals surface area contributed by atoms with E-state index in [2.05, 4.69) is 11.0 Å². The van der Waals surface area contributed by atoms with E-state index in [1.54, 1.807) is 0 Å². The van der Waals surface area contributed by atoms with Crippen molar-refractivity contribution in [3.8, 4) is 0 Å². The molecule has 1 aromatic rings. The quantitative estimate of drug-likeness (QED) is 0.847. The fourth-order valence-corrected chi connectivity index (χ4v) is 2.08. The van der Waals surface area contributed by atoms with Crippen LogP contribution in [0.2, 0.25) is 0 Å². The van der Waals surface area contributed by atoms with Gasteiger partial charge in [-0.15, -0.1) is 0 Å². The number of para-hydroxylation sites is 1. The summed E-state index contributed by atoms with van der Waals surface area (Å²) in [7, 11) is 0. The van der Waals surface area contributed by atoms with Crippen LogP contribution in [0.1, 0.15) is 25.0 Å². The van der Waals surface area contributed by atoms with Crippen molar-refractivity contribution < 1.29 is 9.84 Å². The van der Waals surface area contributed by atoms with Crippen LogP contribution in [-0.4, -0.2) is 31.4 Å². The van der Waals surface area contributed by atoms with Crippen LogP contribution in [0.5, 0.6) is 0 Å². The number of rotatable bonds is 3. The summed E-state index contributed by atoms with van der Waals surface area (Å²) in [5, 5.41) is 9.98. The first-order valence-corrected chi connectivity index (χ1v) is 5.92. The first-order chi connectivity index (χ1) is 7.83. The molecule has 1 atom stereocenters. The Kier molecular flexibility index (Phi) is 3.80. The van der Waals surface area contributed by atoms with Gasteiger partial charge in [-0.1, -0.05) is 25.1 Å². The summed E-state index contributed by atoms with van der Waals surface area (Å²) < 4.78 is 5.34. The molecule has 1 heterocycles. The summed E-state index contributed by atoms with van der Waals surface area (Å²) in [6.45, 7) is 5.37. The molecule has 0 spiro atoms. The third-order valence-electron chi connectivity index (χ3n) is 3.03. The maximum Gasteiger partial charge on any atom is 0.0807 e. The van der Waals surface area contributed by atoms with E-state index in [-0.39, 0.29) is 6.10 Å². The Morgan fingerprint density at radius 3 is 2.69 bits per heavy atom. The summed E-state index contributed by atoms with van der Waals surface area (Å²) in [5.74, 6) is 0. The predicted octanol–water partition coefficient (Wildman–Crippen LogP) is 1.97. The van der Waals surface area contributed by atoms with Gasteiger partial charge in [-0.05, 0) is 12.5 Å². The molecule has 1 saturated heterocycles. The molecule has 16 heavy (non-hydrogen) atoms. The molecule has 1 fully saturated rings. The number of benzene rings is 1. The fraction of sp³-hybridized carbons (Fsp3) is 0.538. The third kappa shape index (κ3) is 2.36. The van der Waals surface area contributed by atoms with E-state index in [0.717, 1.165) is 44.0 Å². The minimum Gasteiger partial charge on any atom is -0.388 e. The molecule has 0 saturated carbocycles. The van der Waals surface area contributed by atoms with Crippen molar-refractivity contribution in [1.82, 2.24) is 0 Å². The Morgan fingerprint density at radius 2 is 2.00 bits per heavy atom. The number of morpholine rings is 1. The van der Waals surface area contributed by atoms with E-state index < -0.39 is 0 Å². The van der Waals surface area contributed by atoms with Crippen LogP contribution in [0.25, 0.3) is 0 Å². The number of anilines is 1.